The second-order valence-electron chi connectivity index (χ2n) is 4.91. The Balaban J connectivity index is 3.07. The topological polar surface area (TPSA) is 177 Å². The van der Waals surface area contributed by atoms with Crippen molar-refractivity contribution < 1.29 is 45.0 Å². The average molecular weight is 311 g/mol. The molecule has 0 radical (unpaired) electrons. The molecule has 0 saturated carbocycles. The molecular weight excluding hydrogens is 292 g/mol. The summed E-state index contributed by atoms with van der Waals surface area (Å²) in [4.78, 5) is 22.1. The number of carbonyl (C=O) groups excluding carboxylic acids is 1. The first-order chi connectivity index (χ1) is 9.62. The minimum atomic E-state index is -2.78. The lowest BCUT2D eigenvalue weighted by Gasteiger charge is -2.44. The van der Waals surface area contributed by atoms with Crippen LogP contribution in [0.5, 0.6) is 0 Å². The first-order valence-corrected chi connectivity index (χ1v) is 6.18. The van der Waals surface area contributed by atoms with Crippen molar-refractivity contribution in [2.75, 3.05) is 6.61 Å². The van der Waals surface area contributed by atoms with Crippen molar-refractivity contribution in [2.45, 2.75) is 49.6 Å². The Morgan fingerprint density at radius 1 is 1.52 bits per heavy atom. The first-order valence-electron chi connectivity index (χ1n) is 6.18. The van der Waals surface area contributed by atoms with E-state index in [4.69, 9.17) is 14.9 Å². The highest BCUT2D eigenvalue weighted by Crippen LogP contribution is 2.30. The lowest BCUT2D eigenvalue weighted by Crippen LogP contribution is -2.67. The number of aliphatic hydroxyl groups excluding tert-OH is 4. The van der Waals surface area contributed by atoms with Gasteiger partial charge in [0.1, 0.15) is 18.3 Å². The molecule has 0 aromatic rings. The van der Waals surface area contributed by atoms with Crippen LogP contribution in [0.3, 0.4) is 0 Å². The van der Waals surface area contributed by atoms with E-state index in [1.165, 1.54) is 0 Å². The van der Waals surface area contributed by atoms with Crippen LogP contribution in [0.1, 0.15) is 13.3 Å². The third-order valence-electron chi connectivity index (χ3n) is 3.21. The fraction of sp³-hybridized carbons (Fsp3) is 0.818. The number of aliphatic hydroxyl groups is 5. The van der Waals surface area contributed by atoms with E-state index >= 15 is 0 Å². The van der Waals surface area contributed by atoms with Crippen molar-refractivity contribution in [3.63, 3.8) is 0 Å². The Bertz CT molecular complexity index is 403. The van der Waals surface area contributed by atoms with Gasteiger partial charge in [-0.3, -0.25) is 4.79 Å². The van der Waals surface area contributed by atoms with Gasteiger partial charge in [-0.25, -0.2) is 4.79 Å². The summed E-state index contributed by atoms with van der Waals surface area (Å²) < 4.78 is 4.86. The van der Waals surface area contributed by atoms with Crippen LogP contribution in [-0.2, 0) is 14.3 Å². The number of nitrogens with one attached hydrogen (secondary N) is 1. The smallest absolute Gasteiger partial charge is 0.364 e. The molecule has 1 heterocycles. The van der Waals surface area contributed by atoms with Crippen molar-refractivity contribution >= 4 is 11.9 Å². The predicted molar refractivity (Wildman–Crippen MR) is 64.8 cm³/mol. The molecule has 1 fully saturated rings. The molecule has 1 aliphatic rings. The zero-order chi connectivity index (χ0) is 16.4. The number of carboxylic acids is 1. The summed E-state index contributed by atoms with van der Waals surface area (Å²) in [5.41, 5.74) is 0. The predicted octanol–water partition coefficient (Wildman–Crippen LogP) is -3.87. The molecular formula is C11H19NO9. The molecule has 0 spiro atoms. The number of rotatable bonds is 5. The molecule has 0 unspecified atom stereocenters. The maximum absolute atomic E-state index is 11.1. The van der Waals surface area contributed by atoms with Crippen LogP contribution in [0, 0.1) is 0 Å². The van der Waals surface area contributed by atoms with Crippen molar-refractivity contribution in [2.24, 2.45) is 0 Å². The molecule has 1 saturated heterocycles. The first kappa shape index (κ1) is 17.8. The third kappa shape index (κ3) is 3.87. The molecule has 1 aliphatic heterocycles. The van der Waals surface area contributed by atoms with Gasteiger partial charge < -0.3 is 40.7 Å². The van der Waals surface area contributed by atoms with E-state index in [2.05, 4.69) is 5.32 Å². The van der Waals surface area contributed by atoms with Crippen LogP contribution >= 0.6 is 0 Å². The second-order valence-corrected chi connectivity index (χ2v) is 4.91. The molecule has 1 amide bonds. The maximum Gasteiger partial charge on any atom is 0.364 e. The maximum atomic E-state index is 11.1. The van der Waals surface area contributed by atoms with Gasteiger partial charge in [0, 0.05) is 13.3 Å². The number of hydrogen-bond acceptors (Lipinski definition) is 8. The van der Waals surface area contributed by atoms with E-state index in [1.54, 1.807) is 0 Å². The van der Waals surface area contributed by atoms with Crippen LogP contribution < -0.4 is 5.32 Å². The summed E-state index contributed by atoms with van der Waals surface area (Å²) in [5, 5.41) is 59.0. The Hall–Kier alpha value is -1.30. The Kier molecular flexibility index (Phi) is 5.61. The molecule has 21 heavy (non-hydrogen) atoms. The third-order valence-corrected chi connectivity index (χ3v) is 3.21. The van der Waals surface area contributed by atoms with Gasteiger partial charge in [0.2, 0.25) is 5.91 Å². The van der Waals surface area contributed by atoms with Crippen LogP contribution in [0.25, 0.3) is 0 Å². The second kappa shape index (κ2) is 6.64. The average Bonchev–Trinajstić information content (AvgIpc) is 2.39. The molecule has 0 aromatic heterocycles. The summed E-state index contributed by atoms with van der Waals surface area (Å²) in [6.07, 6.45) is -7.48. The van der Waals surface area contributed by atoms with Crippen molar-refractivity contribution in [3.05, 3.63) is 0 Å². The van der Waals surface area contributed by atoms with Crippen LogP contribution in [-0.4, -0.2) is 85.4 Å². The van der Waals surface area contributed by atoms with E-state index in [1.807, 2.05) is 0 Å². The zero-order valence-electron chi connectivity index (χ0n) is 11.2. The molecule has 10 nitrogen and oxygen atoms in total. The number of amides is 1. The van der Waals surface area contributed by atoms with Gasteiger partial charge in [-0.1, -0.05) is 0 Å². The Morgan fingerprint density at radius 2 is 2.10 bits per heavy atom. The lowest BCUT2D eigenvalue weighted by atomic mass is 9.89. The highest BCUT2D eigenvalue weighted by Gasteiger charge is 2.53. The van der Waals surface area contributed by atoms with Gasteiger partial charge in [0.15, 0.2) is 0 Å². The number of hydrogen-bond donors (Lipinski definition) is 7. The molecule has 0 bridgehead atoms. The fourth-order valence-electron chi connectivity index (χ4n) is 2.14. The molecule has 10 heteroatoms. The van der Waals surface area contributed by atoms with E-state index < -0.39 is 61.1 Å². The summed E-state index contributed by atoms with van der Waals surface area (Å²) in [7, 11) is 0. The number of ether oxygens (including phenoxy) is 1. The summed E-state index contributed by atoms with van der Waals surface area (Å²) in [5.74, 6) is -5.17. The summed E-state index contributed by atoms with van der Waals surface area (Å²) >= 11 is 0. The van der Waals surface area contributed by atoms with Crippen LogP contribution in [0.4, 0.5) is 0 Å². The minimum absolute atomic E-state index is 0.598. The van der Waals surface area contributed by atoms with Gasteiger partial charge in [0.25, 0.3) is 5.79 Å². The highest BCUT2D eigenvalue weighted by molar-refractivity contribution is 5.76. The normalized spacial score (nSPS) is 35.8. The molecule has 0 aromatic carbocycles. The van der Waals surface area contributed by atoms with Gasteiger partial charge in [0.05, 0.1) is 18.8 Å². The molecule has 6 atom stereocenters. The number of aliphatic carboxylic acids is 1. The van der Waals surface area contributed by atoms with Gasteiger partial charge in [-0.05, 0) is 0 Å². The fourth-order valence-corrected chi connectivity index (χ4v) is 2.14. The zero-order valence-corrected chi connectivity index (χ0v) is 11.2. The minimum Gasteiger partial charge on any atom is -0.477 e. The monoisotopic (exact) mass is 311 g/mol. The standard InChI is InChI=1S/C11H19NO9/c1-4(14)12-7-5(15)2-11(20,10(18)19)21-9(7)8(17)6(16)3-13/h5-9,13,15-17,20H,2-3H2,1H3,(H,12,14)(H,18,19)/t5-,6+,7+,8+,9+,11-/m0/s1/i4+2. The Morgan fingerprint density at radius 3 is 2.52 bits per heavy atom. The van der Waals surface area contributed by atoms with Crippen molar-refractivity contribution in [1.82, 2.24) is 5.32 Å². The van der Waals surface area contributed by atoms with E-state index in [-0.39, 0.29) is 0 Å². The van der Waals surface area contributed by atoms with Crippen molar-refractivity contribution in [1.29, 1.82) is 0 Å². The van der Waals surface area contributed by atoms with Gasteiger partial charge in [-0.2, -0.15) is 0 Å². The quantitative estimate of drug-likeness (QED) is 0.267. The molecule has 7 N–H and O–H groups in total. The number of carbonyl (C=O) groups is 2. The summed E-state index contributed by atoms with van der Waals surface area (Å²) in [6.45, 7) is 0.256. The molecule has 0 aliphatic carbocycles. The lowest BCUT2D eigenvalue weighted by molar-refractivity contribution is -0.295. The number of carboxylic acid groups (broad SMARTS) is 1. The van der Waals surface area contributed by atoms with E-state index in [0.29, 0.717) is 0 Å². The van der Waals surface area contributed by atoms with Crippen LogP contribution in [0.15, 0.2) is 0 Å². The molecule has 122 valence electrons. The van der Waals surface area contributed by atoms with E-state index in [0.717, 1.165) is 6.92 Å². The largest absolute Gasteiger partial charge is 0.477 e. The summed E-state index contributed by atoms with van der Waals surface area (Å²) in [6, 6.07) is -1.27. The van der Waals surface area contributed by atoms with Crippen LogP contribution in [0.2, 0.25) is 0 Å². The SMILES string of the molecule is C[14C](=O)N[C@H]1[C@H]([C@H](O)[C@H](O)CO)O[C@](O)(C(=O)O)C[C@@H]1O. The Labute approximate surface area is 119 Å². The van der Waals surface area contributed by atoms with E-state index in [9.17, 15) is 30.0 Å². The van der Waals surface area contributed by atoms with Gasteiger partial charge >= 0.3 is 5.97 Å². The molecule has 1 rings (SSSR count). The highest BCUT2D eigenvalue weighted by atomic mass is 16.7. The van der Waals surface area contributed by atoms with Gasteiger partial charge in [-0.15, -0.1) is 0 Å². The van der Waals surface area contributed by atoms with Crippen molar-refractivity contribution in [3.8, 4) is 0 Å².